The number of esters is 1. The number of thioether (sulfide) groups is 1. The molecule has 7 nitrogen and oxygen atoms in total. The van der Waals surface area contributed by atoms with E-state index in [-0.39, 0.29) is 6.42 Å². The smallest absolute Gasteiger partial charge is 0.329 e. The lowest BCUT2D eigenvalue weighted by Crippen LogP contribution is -2.46. The molecular weight excluding hydrogens is 356 g/mol. The molecule has 0 aliphatic carbocycles. The van der Waals surface area contributed by atoms with Crippen molar-refractivity contribution in [2.75, 3.05) is 17.3 Å². The minimum Gasteiger partial charge on any atom is -0.451 e. The Morgan fingerprint density at radius 2 is 1.88 bits per heavy atom. The van der Waals surface area contributed by atoms with Gasteiger partial charge < -0.3 is 21.1 Å². The van der Waals surface area contributed by atoms with Crippen LogP contribution in [0.15, 0.2) is 18.2 Å². The van der Waals surface area contributed by atoms with Gasteiger partial charge in [-0.25, -0.2) is 18.4 Å². The number of hydrogen-bond acceptors (Lipinski definition) is 5. The first-order valence-electron chi connectivity index (χ1n) is 7.26. The molecule has 0 spiro atoms. The average molecular weight is 375 g/mol. The van der Waals surface area contributed by atoms with Gasteiger partial charge in [0.2, 0.25) is 0 Å². The van der Waals surface area contributed by atoms with Crippen molar-refractivity contribution in [3.8, 4) is 0 Å². The number of ether oxygens (including phenoxy) is 1. The Kier molecular flexibility index (Phi) is 8.12. The minimum atomic E-state index is -1.34. The molecule has 1 aromatic carbocycles. The van der Waals surface area contributed by atoms with E-state index in [2.05, 4.69) is 5.32 Å². The lowest BCUT2D eigenvalue weighted by atomic mass is 10.2. The molecule has 2 atom stereocenters. The van der Waals surface area contributed by atoms with Crippen LogP contribution in [-0.2, 0) is 14.3 Å². The highest BCUT2D eigenvalue weighted by Gasteiger charge is 2.26. The van der Waals surface area contributed by atoms with Gasteiger partial charge in [0, 0.05) is 0 Å². The van der Waals surface area contributed by atoms with E-state index < -0.39 is 47.4 Å². The maximum atomic E-state index is 13.5. The molecule has 0 bridgehead atoms. The number of anilines is 1. The summed E-state index contributed by atoms with van der Waals surface area (Å²) in [5, 5.41) is 4.25. The Balaban J connectivity index is 2.71. The minimum absolute atomic E-state index is 0.249. The summed E-state index contributed by atoms with van der Waals surface area (Å²) in [5.41, 5.74) is 4.37. The molecule has 0 aliphatic rings. The predicted octanol–water partition coefficient (Wildman–Crippen LogP) is 1.62. The number of nitrogens with two attached hydrogens (primary N) is 1. The van der Waals surface area contributed by atoms with Crippen LogP contribution in [0.25, 0.3) is 0 Å². The molecule has 138 valence electrons. The van der Waals surface area contributed by atoms with Gasteiger partial charge in [-0.05, 0) is 37.5 Å². The Morgan fingerprint density at radius 3 is 2.40 bits per heavy atom. The maximum absolute atomic E-state index is 13.5. The van der Waals surface area contributed by atoms with Gasteiger partial charge in [0.25, 0.3) is 5.91 Å². The Morgan fingerprint density at radius 1 is 1.28 bits per heavy atom. The largest absolute Gasteiger partial charge is 0.451 e. The van der Waals surface area contributed by atoms with Crippen molar-refractivity contribution in [1.29, 1.82) is 0 Å². The Labute approximate surface area is 147 Å². The summed E-state index contributed by atoms with van der Waals surface area (Å²) in [7, 11) is 0. The summed E-state index contributed by atoms with van der Waals surface area (Å²) in [6.07, 6.45) is 0.725. The molecule has 0 fully saturated rings. The van der Waals surface area contributed by atoms with Gasteiger partial charge in [-0.15, -0.1) is 0 Å². The first-order valence-corrected chi connectivity index (χ1v) is 8.66. The number of carbonyl (C=O) groups is 3. The second-order valence-corrected chi connectivity index (χ2v) is 5.99. The van der Waals surface area contributed by atoms with Crippen LogP contribution in [0, 0.1) is 11.6 Å². The fourth-order valence-electron chi connectivity index (χ4n) is 1.81. The number of hydrogen-bond donors (Lipinski definition) is 3. The zero-order chi connectivity index (χ0) is 19.0. The van der Waals surface area contributed by atoms with E-state index in [9.17, 15) is 23.2 Å². The number of para-hydroxylation sites is 1. The molecule has 1 aromatic rings. The summed E-state index contributed by atoms with van der Waals surface area (Å²) in [5.74, 6) is -3.16. The maximum Gasteiger partial charge on any atom is 0.329 e. The van der Waals surface area contributed by atoms with E-state index in [1.807, 2.05) is 11.6 Å². The average Bonchev–Trinajstić information content (AvgIpc) is 2.54. The van der Waals surface area contributed by atoms with Crippen molar-refractivity contribution in [2.45, 2.75) is 25.5 Å². The van der Waals surface area contributed by atoms with Crippen LogP contribution in [0.3, 0.4) is 0 Å². The fourth-order valence-corrected chi connectivity index (χ4v) is 2.28. The van der Waals surface area contributed by atoms with E-state index in [1.165, 1.54) is 18.7 Å². The molecule has 3 amide bonds. The van der Waals surface area contributed by atoms with Crippen LogP contribution >= 0.6 is 11.8 Å². The Hall–Kier alpha value is -2.36. The van der Waals surface area contributed by atoms with Gasteiger partial charge >= 0.3 is 12.0 Å². The van der Waals surface area contributed by atoms with E-state index in [4.69, 9.17) is 10.5 Å². The van der Waals surface area contributed by atoms with Gasteiger partial charge in [-0.3, -0.25) is 4.79 Å². The molecule has 0 unspecified atom stereocenters. The standard InChI is InChI=1S/C15H19F2N3O4S/c1-8(13(21)20-12-9(16)4-3-5-10(12)17)24-14(22)11(6-7-25-2)19-15(18)23/h3-5,8,11H,6-7H2,1-2H3,(H,20,21)(H3,18,19,23)/t8-,11-/m0/s1. The number of amides is 3. The fraction of sp³-hybridized carbons (Fsp3) is 0.400. The van der Waals surface area contributed by atoms with Gasteiger partial charge in [-0.1, -0.05) is 6.07 Å². The molecule has 0 aromatic heterocycles. The highest BCUT2D eigenvalue weighted by Crippen LogP contribution is 2.18. The van der Waals surface area contributed by atoms with Gasteiger partial charge in [0.15, 0.2) is 6.10 Å². The lowest BCUT2D eigenvalue weighted by molar-refractivity contribution is -0.155. The predicted molar refractivity (Wildman–Crippen MR) is 90.0 cm³/mol. The van der Waals surface area contributed by atoms with Crippen molar-refractivity contribution in [2.24, 2.45) is 5.73 Å². The summed E-state index contributed by atoms with van der Waals surface area (Å²) < 4.78 is 32.0. The SMILES string of the molecule is CSCC[C@H](NC(N)=O)C(=O)O[C@@H](C)C(=O)Nc1c(F)cccc1F. The van der Waals surface area contributed by atoms with Crippen molar-refractivity contribution < 1.29 is 27.9 Å². The molecule has 25 heavy (non-hydrogen) atoms. The molecule has 0 saturated carbocycles. The normalized spacial score (nSPS) is 12.8. The number of nitrogens with one attached hydrogen (secondary N) is 2. The first kappa shape index (κ1) is 20.7. The van der Waals surface area contributed by atoms with Crippen molar-refractivity contribution in [3.05, 3.63) is 29.8 Å². The summed E-state index contributed by atoms with van der Waals surface area (Å²) in [4.78, 5) is 35.0. The van der Waals surface area contributed by atoms with Crippen LogP contribution in [0.1, 0.15) is 13.3 Å². The Bertz CT molecular complexity index is 625. The van der Waals surface area contributed by atoms with Crippen LogP contribution in [-0.4, -0.2) is 42.1 Å². The highest BCUT2D eigenvalue weighted by molar-refractivity contribution is 7.98. The van der Waals surface area contributed by atoms with Gasteiger partial charge in [0.1, 0.15) is 23.4 Å². The summed E-state index contributed by atoms with van der Waals surface area (Å²) >= 11 is 1.44. The highest BCUT2D eigenvalue weighted by atomic mass is 32.2. The van der Waals surface area contributed by atoms with Crippen molar-refractivity contribution >= 4 is 35.4 Å². The van der Waals surface area contributed by atoms with E-state index >= 15 is 0 Å². The van der Waals surface area contributed by atoms with Crippen LogP contribution in [0.2, 0.25) is 0 Å². The van der Waals surface area contributed by atoms with E-state index in [0.717, 1.165) is 18.2 Å². The third kappa shape index (κ3) is 6.57. The number of primary amides is 1. The zero-order valence-corrected chi connectivity index (χ0v) is 14.5. The number of halogens is 2. The molecule has 0 heterocycles. The van der Waals surface area contributed by atoms with Crippen LogP contribution in [0.5, 0.6) is 0 Å². The topological polar surface area (TPSA) is 111 Å². The van der Waals surface area contributed by atoms with Crippen LogP contribution in [0.4, 0.5) is 19.3 Å². The van der Waals surface area contributed by atoms with Crippen LogP contribution < -0.4 is 16.4 Å². The van der Waals surface area contributed by atoms with Gasteiger partial charge in [-0.2, -0.15) is 11.8 Å². The third-order valence-corrected chi connectivity index (χ3v) is 3.73. The van der Waals surface area contributed by atoms with Gasteiger partial charge in [0.05, 0.1) is 0 Å². The number of rotatable bonds is 8. The molecule has 4 N–H and O–H groups in total. The third-order valence-electron chi connectivity index (χ3n) is 3.08. The van der Waals surface area contributed by atoms with Crippen molar-refractivity contribution in [3.63, 3.8) is 0 Å². The summed E-state index contributed by atoms with van der Waals surface area (Å²) in [6.45, 7) is 1.24. The second-order valence-electron chi connectivity index (χ2n) is 5.01. The molecule has 10 heteroatoms. The van der Waals surface area contributed by atoms with E-state index in [0.29, 0.717) is 5.75 Å². The molecular formula is C15H19F2N3O4S. The number of carbonyl (C=O) groups excluding carboxylic acids is 3. The number of benzene rings is 1. The number of urea groups is 1. The second kappa shape index (κ2) is 9.82. The zero-order valence-electron chi connectivity index (χ0n) is 13.7. The monoisotopic (exact) mass is 375 g/mol. The molecule has 1 rings (SSSR count). The summed E-state index contributed by atoms with van der Waals surface area (Å²) in [6, 6.07) is 1.17. The quantitative estimate of drug-likeness (QED) is 0.598. The first-order chi connectivity index (χ1) is 11.8. The van der Waals surface area contributed by atoms with Crippen molar-refractivity contribution in [1.82, 2.24) is 5.32 Å². The van der Waals surface area contributed by atoms with E-state index in [1.54, 1.807) is 0 Å². The molecule has 0 radical (unpaired) electrons. The molecule has 0 aliphatic heterocycles. The lowest BCUT2D eigenvalue weighted by Gasteiger charge is -2.19. The molecule has 0 saturated heterocycles.